The Morgan fingerprint density at radius 3 is 2.55 bits per heavy atom. The van der Waals surface area contributed by atoms with Crippen LogP contribution in [0.3, 0.4) is 0 Å². The van der Waals surface area contributed by atoms with Gasteiger partial charge in [0.25, 0.3) is 5.91 Å². The van der Waals surface area contributed by atoms with Crippen molar-refractivity contribution in [2.45, 2.75) is 20.0 Å². The number of amides is 2. The predicted octanol–water partition coefficient (Wildman–Crippen LogP) is 4.52. The molecule has 2 amide bonds. The van der Waals surface area contributed by atoms with Crippen LogP contribution < -0.4 is 0 Å². The van der Waals surface area contributed by atoms with E-state index in [1.807, 2.05) is 37.3 Å². The Morgan fingerprint density at radius 1 is 1.06 bits per heavy atom. The van der Waals surface area contributed by atoms with E-state index < -0.39 is 0 Å². The Kier molecular flexibility index (Phi) is 6.05. The predicted molar refractivity (Wildman–Crippen MR) is 123 cm³/mol. The fourth-order valence-electron chi connectivity index (χ4n) is 4.06. The Balaban J connectivity index is 1.61. The standard InChI is InChI=1S/C26H28N2O3/c1-4-31-18(2)19-8-10-20(11-9-19)23-7-5-6-21-16-22(12-13-24(21)23)26(30)28-15-14-27(3)25(29)17-28/h5-13,16,18H,4,14-15,17H2,1-3H3. The van der Waals surface area contributed by atoms with Gasteiger partial charge in [-0.1, -0.05) is 48.5 Å². The van der Waals surface area contributed by atoms with Gasteiger partial charge in [-0.25, -0.2) is 0 Å². The SMILES string of the molecule is CCOC(C)c1ccc(-c2cccc3cc(C(=O)N4CCN(C)C(=O)C4)ccc23)cc1. The number of hydrogen-bond acceptors (Lipinski definition) is 3. The van der Waals surface area contributed by atoms with E-state index in [0.717, 1.165) is 27.5 Å². The highest BCUT2D eigenvalue weighted by atomic mass is 16.5. The van der Waals surface area contributed by atoms with Gasteiger partial charge in [0.05, 0.1) is 6.10 Å². The molecular formula is C26H28N2O3. The minimum atomic E-state index is -0.0944. The molecule has 1 saturated heterocycles. The van der Waals surface area contributed by atoms with Gasteiger partial charge < -0.3 is 14.5 Å². The van der Waals surface area contributed by atoms with Crippen LogP contribution in [0.25, 0.3) is 21.9 Å². The molecule has 0 bridgehead atoms. The summed E-state index contributed by atoms with van der Waals surface area (Å²) < 4.78 is 5.68. The molecule has 1 aliphatic rings. The Labute approximate surface area is 183 Å². The van der Waals surface area contributed by atoms with Crippen molar-refractivity contribution in [2.24, 2.45) is 0 Å². The van der Waals surface area contributed by atoms with Crippen molar-refractivity contribution in [3.63, 3.8) is 0 Å². The molecule has 5 heteroatoms. The monoisotopic (exact) mass is 416 g/mol. The Morgan fingerprint density at radius 2 is 1.84 bits per heavy atom. The Bertz CT molecular complexity index is 1110. The lowest BCUT2D eigenvalue weighted by molar-refractivity contribution is -0.133. The lowest BCUT2D eigenvalue weighted by atomic mass is 9.95. The van der Waals surface area contributed by atoms with Gasteiger partial charge >= 0.3 is 0 Å². The maximum absolute atomic E-state index is 12.9. The number of nitrogens with zero attached hydrogens (tertiary/aromatic N) is 2. The third-order valence-electron chi connectivity index (χ3n) is 5.98. The molecule has 0 spiro atoms. The van der Waals surface area contributed by atoms with Crippen molar-refractivity contribution in [2.75, 3.05) is 33.3 Å². The topological polar surface area (TPSA) is 49.9 Å². The van der Waals surface area contributed by atoms with Crippen LogP contribution in [0, 0.1) is 0 Å². The summed E-state index contributed by atoms with van der Waals surface area (Å²) in [4.78, 5) is 28.2. The largest absolute Gasteiger partial charge is 0.374 e. The summed E-state index contributed by atoms with van der Waals surface area (Å²) in [6.45, 7) is 6.02. The van der Waals surface area contributed by atoms with E-state index in [1.165, 1.54) is 0 Å². The van der Waals surface area contributed by atoms with Crippen LogP contribution in [0.2, 0.25) is 0 Å². The first-order valence-electron chi connectivity index (χ1n) is 10.8. The highest BCUT2D eigenvalue weighted by molar-refractivity contribution is 6.03. The average Bonchev–Trinajstić information content (AvgIpc) is 2.80. The fraction of sp³-hybridized carbons (Fsp3) is 0.308. The Hall–Kier alpha value is -3.18. The van der Waals surface area contributed by atoms with Crippen LogP contribution in [-0.4, -0.2) is 54.9 Å². The van der Waals surface area contributed by atoms with Crippen LogP contribution in [-0.2, 0) is 9.53 Å². The number of fused-ring (bicyclic) bond motifs is 1. The first kappa shape index (κ1) is 21.1. The number of carbonyl (C=O) groups is 2. The average molecular weight is 417 g/mol. The molecule has 0 N–H and O–H groups in total. The zero-order chi connectivity index (χ0) is 22.0. The lowest BCUT2D eigenvalue weighted by Gasteiger charge is -2.32. The zero-order valence-corrected chi connectivity index (χ0v) is 18.3. The van der Waals surface area contributed by atoms with Crippen LogP contribution in [0.1, 0.15) is 35.9 Å². The van der Waals surface area contributed by atoms with Crippen LogP contribution >= 0.6 is 0 Å². The molecule has 1 fully saturated rings. The van der Waals surface area contributed by atoms with E-state index in [1.54, 1.807) is 16.8 Å². The number of carbonyl (C=O) groups excluding carboxylic acids is 2. The third-order valence-corrected chi connectivity index (χ3v) is 5.98. The molecule has 1 unspecified atom stereocenters. The van der Waals surface area contributed by atoms with E-state index in [2.05, 4.69) is 37.3 Å². The molecular weight excluding hydrogens is 388 g/mol. The van der Waals surface area contributed by atoms with E-state index in [0.29, 0.717) is 25.3 Å². The van der Waals surface area contributed by atoms with Gasteiger partial charge in [-0.3, -0.25) is 9.59 Å². The number of hydrogen-bond donors (Lipinski definition) is 0. The summed E-state index contributed by atoms with van der Waals surface area (Å²) in [5, 5.41) is 2.11. The van der Waals surface area contributed by atoms with Crippen molar-refractivity contribution >= 4 is 22.6 Å². The van der Waals surface area contributed by atoms with Gasteiger partial charge in [-0.05, 0) is 53.4 Å². The summed E-state index contributed by atoms with van der Waals surface area (Å²) in [7, 11) is 1.77. The first-order chi connectivity index (χ1) is 15.0. The number of ether oxygens (including phenoxy) is 1. The maximum atomic E-state index is 12.9. The van der Waals surface area contributed by atoms with Crippen molar-refractivity contribution < 1.29 is 14.3 Å². The van der Waals surface area contributed by atoms with E-state index in [9.17, 15) is 9.59 Å². The molecule has 4 rings (SSSR count). The molecule has 160 valence electrons. The van der Waals surface area contributed by atoms with E-state index in [-0.39, 0.29) is 24.5 Å². The second-order valence-electron chi connectivity index (χ2n) is 8.00. The quantitative estimate of drug-likeness (QED) is 0.615. The molecule has 5 nitrogen and oxygen atoms in total. The molecule has 31 heavy (non-hydrogen) atoms. The van der Waals surface area contributed by atoms with Gasteiger partial charge in [-0.15, -0.1) is 0 Å². The maximum Gasteiger partial charge on any atom is 0.254 e. The lowest BCUT2D eigenvalue weighted by Crippen LogP contribution is -2.50. The summed E-state index contributed by atoms with van der Waals surface area (Å²) >= 11 is 0. The van der Waals surface area contributed by atoms with Crippen LogP contribution in [0.5, 0.6) is 0 Å². The third kappa shape index (κ3) is 4.32. The van der Waals surface area contributed by atoms with Crippen LogP contribution in [0.15, 0.2) is 60.7 Å². The second kappa shape index (κ2) is 8.90. The van der Waals surface area contributed by atoms with Crippen molar-refractivity contribution in [1.29, 1.82) is 0 Å². The molecule has 1 atom stereocenters. The summed E-state index contributed by atoms with van der Waals surface area (Å²) in [5.74, 6) is -0.118. The minimum absolute atomic E-state index is 0.0234. The van der Waals surface area contributed by atoms with Gasteiger partial charge in [0.1, 0.15) is 6.54 Å². The molecule has 0 saturated carbocycles. The number of rotatable bonds is 5. The van der Waals surface area contributed by atoms with Crippen molar-refractivity contribution in [3.05, 3.63) is 71.8 Å². The number of likely N-dealkylation sites (N-methyl/N-ethyl adjacent to an activating group) is 1. The molecule has 0 aliphatic carbocycles. The van der Waals surface area contributed by atoms with E-state index >= 15 is 0 Å². The van der Waals surface area contributed by atoms with Crippen LogP contribution in [0.4, 0.5) is 0 Å². The van der Waals surface area contributed by atoms with Gasteiger partial charge in [0.2, 0.25) is 5.91 Å². The van der Waals surface area contributed by atoms with Gasteiger partial charge in [-0.2, -0.15) is 0 Å². The van der Waals surface area contributed by atoms with Crippen molar-refractivity contribution in [3.8, 4) is 11.1 Å². The summed E-state index contributed by atoms with van der Waals surface area (Å²) in [6, 6.07) is 20.4. The molecule has 1 heterocycles. The van der Waals surface area contributed by atoms with Gasteiger partial charge in [0, 0.05) is 32.3 Å². The number of piperazine rings is 1. The highest BCUT2D eigenvalue weighted by Crippen LogP contribution is 2.31. The normalized spacial score (nSPS) is 15.4. The fourth-order valence-corrected chi connectivity index (χ4v) is 4.06. The zero-order valence-electron chi connectivity index (χ0n) is 18.3. The first-order valence-corrected chi connectivity index (χ1v) is 10.8. The molecule has 3 aromatic carbocycles. The second-order valence-corrected chi connectivity index (χ2v) is 8.00. The molecule has 0 aromatic heterocycles. The van der Waals surface area contributed by atoms with E-state index in [4.69, 9.17) is 4.74 Å². The van der Waals surface area contributed by atoms with Crippen molar-refractivity contribution in [1.82, 2.24) is 9.80 Å². The molecule has 1 aliphatic heterocycles. The molecule has 0 radical (unpaired) electrons. The summed E-state index contributed by atoms with van der Waals surface area (Å²) in [5.41, 5.74) is 4.02. The summed E-state index contributed by atoms with van der Waals surface area (Å²) in [6.07, 6.45) is 0.0709. The highest BCUT2D eigenvalue weighted by Gasteiger charge is 2.25. The van der Waals surface area contributed by atoms with Gasteiger partial charge in [0.15, 0.2) is 0 Å². The minimum Gasteiger partial charge on any atom is -0.374 e. The smallest absolute Gasteiger partial charge is 0.254 e. The number of benzene rings is 3. The molecule has 3 aromatic rings.